The van der Waals surface area contributed by atoms with E-state index in [2.05, 4.69) is 42.0 Å². The molecule has 2 rings (SSSR count). The highest BCUT2D eigenvalue weighted by Gasteiger charge is 2.26. The topological polar surface area (TPSA) is 290 Å². The van der Waals surface area contributed by atoms with Gasteiger partial charge in [-0.3, -0.25) is 48.3 Å². The summed E-state index contributed by atoms with van der Waals surface area (Å²) in [6, 6.07) is 17.1. The average molecular weight is 751 g/mol. The van der Waals surface area contributed by atoms with Crippen molar-refractivity contribution in [3.63, 3.8) is 0 Å². The number of carbonyl (C=O) groups is 7. The van der Waals surface area contributed by atoms with Crippen LogP contribution in [0.4, 0.5) is 0 Å². The molecule has 0 saturated heterocycles. The zero-order valence-electron chi connectivity index (χ0n) is 29.8. The SMILES string of the molecule is CCc1ccccc1.CNCc1ccc(CONC(=O)CN)cc1.O=CC(CN(CCN(CC(=O)O)CC(=O)O)CC(=O)O)N(CC(=O)O)CC(=O)O. The Balaban J connectivity index is 0.000000924. The second-order valence-corrected chi connectivity index (χ2v) is 11.2. The Morgan fingerprint density at radius 3 is 1.60 bits per heavy atom. The van der Waals surface area contributed by atoms with Gasteiger partial charge in [0.1, 0.15) is 6.29 Å². The number of benzene rings is 2. The van der Waals surface area contributed by atoms with Gasteiger partial charge >= 0.3 is 29.8 Å². The van der Waals surface area contributed by atoms with Crippen LogP contribution in [0, 0.1) is 0 Å². The number of nitrogens with zero attached hydrogens (tertiary/aromatic N) is 3. The Morgan fingerprint density at radius 2 is 1.19 bits per heavy atom. The normalized spacial score (nSPS) is 11.1. The second kappa shape index (κ2) is 28.3. The third-order valence-electron chi connectivity index (χ3n) is 6.82. The minimum atomic E-state index is -1.39. The van der Waals surface area contributed by atoms with Gasteiger partial charge in [-0.05, 0) is 30.2 Å². The van der Waals surface area contributed by atoms with E-state index >= 15 is 0 Å². The van der Waals surface area contributed by atoms with Gasteiger partial charge in [0.2, 0.25) is 0 Å². The molecule has 0 aliphatic carbocycles. The smallest absolute Gasteiger partial charge is 0.317 e. The van der Waals surface area contributed by atoms with Crippen molar-refractivity contribution >= 4 is 42.0 Å². The molecule has 0 radical (unpaired) electrons. The Morgan fingerprint density at radius 1 is 0.717 bits per heavy atom. The number of rotatable bonds is 24. The van der Waals surface area contributed by atoms with Gasteiger partial charge in [-0.25, -0.2) is 5.48 Å². The van der Waals surface area contributed by atoms with Crippen LogP contribution in [0.3, 0.4) is 0 Å². The number of aliphatic carboxylic acids is 5. The van der Waals surface area contributed by atoms with Crippen LogP contribution in [0.15, 0.2) is 54.6 Å². The average Bonchev–Trinajstić information content (AvgIpc) is 3.09. The van der Waals surface area contributed by atoms with E-state index < -0.39 is 68.6 Å². The largest absolute Gasteiger partial charge is 0.480 e. The van der Waals surface area contributed by atoms with E-state index in [0.29, 0.717) is 6.61 Å². The van der Waals surface area contributed by atoms with Crippen LogP contribution in [0.2, 0.25) is 0 Å². The van der Waals surface area contributed by atoms with Crippen molar-refractivity contribution in [3.05, 3.63) is 71.3 Å². The molecule has 0 aliphatic rings. The Labute approximate surface area is 306 Å². The standard InChI is InChI=1S/C15H23N3O11.C11H17N3O2.C8H10/c19-9-10(18(7-14(26)27)8-15(28)29)3-16(4-11(20)21)1-2-17(5-12(22)23)6-13(24)25;1-13-7-9-2-4-10(5-3-9)8-16-14-11(15)6-12;1-2-8-6-4-3-5-7-8/h9-10H,1-8H2,(H,20,21)(H,22,23)(H,24,25)(H,26,27)(H,28,29);2-5,13H,6-8,12H2,1H3,(H,14,15);3-7H,2H2,1H3. The number of hydrogen-bond acceptors (Lipinski definition) is 13. The third kappa shape index (κ3) is 25.3. The summed E-state index contributed by atoms with van der Waals surface area (Å²) in [7, 11) is 1.90. The summed E-state index contributed by atoms with van der Waals surface area (Å²) in [5.74, 6) is -7.01. The maximum atomic E-state index is 11.4. The minimum Gasteiger partial charge on any atom is -0.480 e. The first kappa shape index (κ1) is 47.7. The highest BCUT2D eigenvalue weighted by molar-refractivity contribution is 5.76. The molecule has 1 unspecified atom stereocenters. The van der Waals surface area contributed by atoms with Crippen molar-refractivity contribution in [2.24, 2.45) is 5.73 Å². The molecule has 19 heteroatoms. The first-order chi connectivity index (χ1) is 25.1. The predicted octanol–water partition coefficient (Wildman–Crippen LogP) is -0.956. The molecule has 19 nitrogen and oxygen atoms in total. The van der Waals surface area contributed by atoms with Crippen molar-refractivity contribution in [2.75, 3.05) is 66.0 Å². The van der Waals surface area contributed by atoms with Gasteiger partial charge in [0.05, 0.1) is 51.9 Å². The molecule has 53 heavy (non-hydrogen) atoms. The van der Waals surface area contributed by atoms with Crippen molar-refractivity contribution < 1.29 is 63.9 Å². The van der Waals surface area contributed by atoms with E-state index in [0.717, 1.165) is 33.2 Å². The summed E-state index contributed by atoms with van der Waals surface area (Å²) < 4.78 is 0. The van der Waals surface area contributed by atoms with Gasteiger partial charge in [-0.1, -0.05) is 61.5 Å². The number of nitrogens with one attached hydrogen (secondary N) is 2. The maximum Gasteiger partial charge on any atom is 0.317 e. The molecule has 0 aromatic heterocycles. The fourth-order valence-electron chi connectivity index (χ4n) is 4.37. The highest BCUT2D eigenvalue weighted by atomic mass is 16.6. The fraction of sp³-hybridized carbons (Fsp3) is 0.441. The molecule has 1 amide bonds. The van der Waals surface area contributed by atoms with Crippen LogP contribution in [0.25, 0.3) is 0 Å². The first-order valence-corrected chi connectivity index (χ1v) is 16.2. The fourth-order valence-corrected chi connectivity index (χ4v) is 4.37. The van der Waals surface area contributed by atoms with Gasteiger partial charge in [0.15, 0.2) is 0 Å². The molecule has 0 fully saturated rings. The van der Waals surface area contributed by atoms with Crippen LogP contribution in [0.5, 0.6) is 0 Å². The Kier molecular flexibility index (Phi) is 25.5. The van der Waals surface area contributed by atoms with Crippen molar-refractivity contribution in [1.82, 2.24) is 25.5 Å². The molecule has 9 N–H and O–H groups in total. The zero-order valence-corrected chi connectivity index (χ0v) is 29.8. The van der Waals surface area contributed by atoms with Crippen LogP contribution >= 0.6 is 0 Å². The van der Waals surface area contributed by atoms with E-state index in [1.165, 1.54) is 11.1 Å². The highest BCUT2D eigenvalue weighted by Crippen LogP contribution is 2.05. The number of aldehydes is 1. The number of hydrogen-bond donors (Lipinski definition) is 8. The van der Waals surface area contributed by atoms with Crippen LogP contribution in [-0.4, -0.2) is 154 Å². The van der Waals surface area contributed by atoms with Crippen LogP contribution in [-0.2, 0) is 58.0 Å². The lowest BCUT2D eigenvalue weighted by Gasteiger charge is -2.31. The third-order valence-corrected chi connectivity index (χ3v) is 6.82. The number of carboxylic acid groups (broad SMARTS) is 5. The predicted molar refractivity (Wildman–Crippen MR) is 189 cm³/mol. The van der Waals surface area contributed by atoms with E-state index in [1.54, 1.807) is 0 Å². The number of nitrogens with two attached hydrogens (primary N) is 1. The quantitative estimate of drug-likeness (QED) is 0.0474. The maximum absolute atomic E-state index is 11.4. The van der Waals surface area contributed by atoms with E-state index in [4.69, 9.17) is 36.1 Å². The Bertz CT molecular complexity index is 1380. The monoisotopic (exact) mass is 750 g/mol. The molecule has 0 bridgehead atoms. The number of hydroxylamine groups is 1. The molecular formula is C34H50N6O13. The Hall–Kier alpha value is -5.31. The summed E-state index contributed by atoms with van der Waals surface area (Å²) >= 11 is 0. The number of carbonyl (C=O) groups excluding carboxylic acids is 2. The summed E-state index contributed by atoms with van der Waals surface area (Å²) in [4.78, 5) is 84.7. The molecule has 0 heterocycles. The molecule has 2 aromatic carbocycles. The van der Waals surface area contributed by atoms with Gasteiger partial charge in [0.25, 0.3) is 5.91 Å². The summed E-state index contributed by atoms with van der Waals surface area (Å²) in [6.07, 6.45) is 1.42. The summed E-state index contributed by atoms with van der Waals surface area (Å²) in [5, 5.41) is 47.5. The number of carboxylic acids is 5. The van der Waals surface area contributed by atoms with Crippen molar-refractivity contribution in [1.29, 1.82) is 0 Å². The molecule has 0 spiro atoms. The van der Waals surface area contributed by atoms with Crippen molar-refractivity contribution in [2.45, 2.75) is 32.5 Å². The lowest BCUT2D eigenvalue weighted by atomic mass is 10.1. The lowest BCUT2D eigenvalue weighted by molar-refractivity contribution is -0.145. The molecule has 0 saturated carbocycles. The summed E-state index contributed by atoms with van der Waals surface area (Å²) in [5.41, 5.74) is 11.0. The van der Waals surface area contributed by atoms with Crippen molar-refractivity contribution in [3.8, 4) is 0 Å². The molecule has 2 aromatic rings. The van der Waals surface area contributed by atoms with Gasteiger partial charge in [0, 0.05) is 26.2 Å². The second-order valence-electron chi connectivity index (χ2n) is 11.2. The van der Waals surface area contributed by atoms with E-state index in [9.17, 15) is 33.6 Å². The van der Waals surface area contributed by atoms with E-state index in [-0.39, 0.29) is 38.4 Å². The van der Waals surface area contributed by atoms with Gasteiger partial charge < -0.3 is 41.4 Å². The van der Waals surface area contributed by atoms with Gasteiger partial charge in [-0.15, -0.1) is 0 Å². The van der Waals surface area contributed by atoms with Crippen LogP contribution in [0.1, 0.15) is 23.6 Å². The molecule has 294 valence electrons. The van der Waals surface area contributed by atoms with Gasteiger partial charge in [-0.2, -0.15) is 0 Å². The number of aryl methyl sites for hydroxylation is 1. The minimum absolute atomic E-state index is 0.0683. The lowest BCUT2D eigenvalue weighted by Crippen LogP contribution is -2.51. The van der Waals surface area contributed by atoms with Crippen LogP contribution < -0.4 is 16.5 Å². The molecule has 0 aliphatic heterocycles. The summed E-state index contributed by atoms with van der Waals surface area (Å²) in [6.45, 7) is -0.825. The molecular weight excluding hydrogens is 700 g/mol. The molecule has 1 atom stereocenters. The van der Waals surface area contributed by atoms with E-state index in [1.807, 2.05) is 37.4 Å². The first-order valence-electron chi connectivity index (χ1n) is 16.2. The zero-order chi connectivity index (χ0) is 40.2. The number of amides is 1.